The molecule has 0 aliphatic heterocycles. The zero-order valence-electron chi connectivity index (χ0n) is 13.5. The molecule has 7 heteroatoms. The third kappa shape index (κ3) is 7.47. The van der Waals surface area contributed by atoms with Gasteiger partial charge in [0.1, 0.15) is 5.60 Å². The number of aromatic nitrogens is 1. The van der Waals surface area contributed by atoms with Gasteiger partial charge in [0.25, 0.3) is 0 Å². The lowest BCUT2D eigenvalue weighted by Crippen LogP contribution is -2.42. The molecule has 1 atom stereocenters. The van der Waals surface area contributed by atoms with E-state index in [0.29, 0.717) is 13.1 Å². The SMILES string of the molecule is CC(NC(=O)NCCNC(=O)OC(C)(C)C)c1ccccn1. The quantitative estimate of drug-likeness (QED) is 0.725. The molecule has 0 saturated carbocycles. The molecule has 0 aromatic carbocycles. The fraction of sp³-hybridized carbons (Fsp3) is 0.533. The number of pyridine rings is 1. The molecule has 0 aliphatic rings. The number of hydrogen-bond acceptors (Lipinski definition) is 4. The van der Waals surface area contributed by atoms with Crippen LogP contribution in [-0.2, 0) is 4.74 Å². The summed E-state index contributed by atoms with van der Waals surface area (Å²) in [5.41, 5.74) is 0.247. The Hall–Kier alpha value is -2.31. The van der Waals surface area contributed by atoms with Crippen molar-refractivity contribution < 1.29 is 14.3 Å². The molecule has 0 fully saturated rings. The fourth-order valence-corrected chi connectivity index (χ4v) is 1.61. The number of hydrogen-bond donors (Lipinski definition) is 3. The van der Waals surface area contributed by atoms with Gasteiger partial charge in [-0.05, 0) is 39.8 Å². The second-order valence-electron chi connectivity index (χ2n) is 5.81. The van der Waals surface area contributed by atoms with Crippen LogP contribution >= 0.6 is 0 Å². The Morgan fingerprint density at radius 3 is 2.50 bits per heavy atom. The summed E-state index contributed by atoms with van der Waals surface area (Å²) in [6, 6.07) is 5.01. The summed E-state index contributed by atoms with van der Waals surface area (Å²) in [5, 5.41) is 7.98. The number of urea groups is 1. The molecular formula is C15H24N4O3. The van der Waals surface area contributed by atoms with E-state index in [9.17, 15) is 9.59 Å². The summed E-state index contributed by atoms with van der Waals surface area (Å²) in [6.45, 7) is 7.81. The van der Waals surface area contributed by atoms with E-state index in [4.69, 9.17) is 4.74 Å². The predicted octanol–water partition coefficient (Wildman–Crippen LogP) is 1.97. The van der Waals surface area contributed by atoms with Gasteiger partial charge in [-0.25, -0.2) is 9.59 Å². The summed E-state index contributed by atoms with van der Waals surface area (Å²) < 4.78 is 5.08. The topological polar surface area (TPSA) is 92.4 Å². The first kappa shape index (κ1) is 17.7. The Morgan fingerprint density at radius 2 is 1.91 bits per heavy atom. The molecule has 0 aliphatic carbocycles. The number of rotatable bonds is 5. The van der Waals surface area contributed by atoms with Gasteiger partial charge in [-0.1, -0.05) is 6.07 Å². The molecule has 1 aromatic heterocycles. The molecule has 0 spiro atoms. The van der Waals surface area contributed by atoms with Crippen LogP contribution in [0.3, 0.4) is 0 Å². The van der Waals surface area contributed by atoms with Crippen LogP contribution < -0.4 is 16.0 Å². The van der Waals surface area contributed by atoms with E-state index in [1.54, 1.807) is 27.0 Å². The summed E-state index contributed by atoms with van der Waals surface area (Å²) in [4.78, 5) is 27.3. The van der Waals surface area contributed by atoms with Gasteiger partial charge in [-0.2, -0.15) is 0 Å². The van der Waals surface area contributed by atoms with Gasteiger partial charge in [-0.15, -0.1) is 0 Å². The third-order valence-corrected chi connectivity index (χ3v) is 2.56. The number of nitrogens with zero attached hydrogens (tertiary/aromatic N) is 1. The Balaban J connectivity index is 2.20. The summed E-state index contributed by atoms with van der Waals surface area (Å²) in [7, 11) is 0. The van der Waals surface area contributed by atoms with Crippen LogP contribution in [0.1, 0.15) is 39.4 Å². The average Bonchev–Trinajstić information content (AvgIpc) is 2.42. The molecule has 1 aromatic rings. The lowest BCUT2D eigenvalue weighted by molar-refractivity contribution is 0.0528. The highest BCUT2D eigenvalue weighted by atomic mass is 16.6. The normalized spacial score (nSPS) is 12.2. The lowest BCUT2D eigenvalue weighted by Gasteiger charge is -2.19. The van der Waals surface area contributed by atoms with Gasteiger partial charge >= 0.3 is 12.1 Å². The molecule has 7 nitrogen and oxygen atoms in total. The first-order chi connectivity index (χ1) is 10.3. The van der Waals surface area contributed by atoms with E-state index >= 15 is 0 Å². The maximum atomic E-state index is 11.7. The van der Waals surface area contributed by atoms with E-state index in [-0.39, 0.29) is 12.1 Å². The van der Waals surface area contributed by atoms with Crippen molar-refractivity contribution in [2.24, 2.45) is 0 Å². The molecule has 22 heavy (non-hydrogen) atoms. The molecule has 3 N–H and O–H groups in total. The summed E-state index contributed by atoms with van der Waals surface area (Å²) in [6.07, 6.45) is 1.17. The zero-order chi connectivity index (χ0) is 16.6. The number of carbonyl (C=O) groups is 2. The third-order valence-electron chi connectivity index (χ3n) is 2.56. The van der Waals surface area contributed by atoms with Crippen LogP contribution in [0.4, 0.5) is 9.59 Å². The lowest BCUT2D eigenvalue weighted by atomic mass is 10.2. The van der Waals surface area contributed by atoms with Gasteiger partial charge in [0.2, 0.25) is 0 Å². The summed E-state index contributed by atoms with van der Waals surface area (Å²) in [5.74, 6) is 0. The number of nitrogens with one attached hydrogen (secondary N) is 3. The first-order valence-electron chi connectivity index (χ1n) is 7.20. The van der Waals surface area contributed by atoms with Crippen LogP contribution in [0, 0.1) is 0 Å². The van der Waals surface area contributed by atoms with Gasteiger partial charge in [0, 0.05) is 19.3 Å². The van der Waals surface area contributed by atoms with Crippen molar-refractivity contribution in [3.05, 3.63) is 30.1 Å². The molecule has 3 amide bonds. The number of alkyl carbamates (subject to hydrolysis) is 1. The predicted molar refractivity (Wildman–Crippen MR) is 83.4 cm³/mol. The van der Waals surface area contributed by atoms with Crippen molar-refractivity contribution in [2.45, 2.75) is 39.3 Å². The Kier molecular flexibility index (Phi) is 6.62. The smallest absolute Gasteiger partial charge is 0.407 e. The molecule has 122 valence electrons. The first-order valence-corrected chi connectivity index (χ1v) is 7.20. The van der Waals surface area contributed by atoms with E-state index in [0.717, 1.165) is 5.69 Å². The molecular weight excluding hydrogens is 284 g/mol. The minimum Gasteiger partial charge on any atom is -0.444 e. The molecule has 0 bridgehead atoms. The van der Waals surface area contributed by atoms with Crippen molar-refractivity contribution in [3.63, 3.8) is 0 Å². The minimum absolute atomic E-state index is 0.194. The highest BCUT2D eigenvalue weighted by Gasteiger charge is 2.15. The van der Waals surface area contributed by atoms with Crippen molar-refractivity contribution in [1.82, 2.24) is 20.9 Å². The van der Waals surface area contributed by atoms with E-state index in [1.807, 2.05) is 25.1 Å². The maximum absolute atomic E-state index is 11.7. The van der Waals surface area contributed by atoms with Gasteiger partial charge in [0.05, 0.1) is 11.7 Å². The van der Waals surface area contributed by atoms with E-state index in [1.165, 1.54) is 0 Å². The molecule has 1 unspecified atom stereocenters. The number of carbonyl (C=O) groups excluding carboxylic acids is 2. The van der Waals surface area contributed by atoms with E-state index < -0.39 is 11.7 Å². The molecule has 1 heterocycles. The highest BCUT2D eigenvalue weighted by Crippen LogP contribution is 2.07. The van der Waals surface area contributed by atoms with Crippen molar-refractivity contribution in [3.8, 4) is 0 Å². The highest BCUT2D eigenvalue weighted by molar-refractivity contribution is 5.74. The number of ether oxygens (including phenoxy) is 1. The molecule has 0 saturated heterocycles. The van der Waals surface area contributed by atoms with Crippen molar-refractivity contribution in [2.75, 3.05) is 13.1 Å². The Labute approximate surface area is 130 Å². The molecule has 0 radical (unpaired) electrons. The van der Waals surface area contributed by atoms with Gasteiger partial charge in [-0.3, -0.25) is 4.98 Å². The van der Waals surface area contributed by atoms with Crippen LogP contribution in [0.5, 0.6) is 0 Å². The van der Waals surface area contributed by atoms with Crippen LogP contribution in [0.2, 0.25) is 0 Å². The van der Waals surface area contributed by atoms with Gasteiger partial charge in [0.15, 0.2) is 0 Å². The van der Waals surface area contributed by atoms with Crippen molar-refractivity contribution >= 4 is 12.1 Å². The standard InChI is InChI=1S/C15H24N4O3/c1-11(12-7-5-6-8-16-12)19-13(20)17-9-10-18-14(21)22-15(2,3)4/h5-8,11H,9-10H2,1-4H3,(H,18,21)(H2,17,19,20). The Bertz CT molecular complexity index is 485. The maximum Gasteiger partial charge on any atom is 0.407 e. The zero-order valence-corrected chi connectivity index (χ0v) is 13.5. The fourth-order valence-electron chi connectivity index (χ4n) is 1.61. The second kappa shape index (κ2) is 8.21. The van der Waals surface area contributed by atoms with Crippen LogP contribution in [-0.4, -0.2) is 35.8 Å². The second-order valence-corrected chi connectivity index (χ2v) is 5.81. The van der Waals surface area contributed by atoms with Crippen LogP contribution in [0.15, 0.2) is 24.4 Å². The van der Waals surface area contributed by atoms with Crippen LogP contribution in [0.25, 0.3) is 0 Å². The molecule has 1 rings (SSSR count). The average molecular weight is 308 g/mol. The largest absolute Gasteiger partial charge is 0.444 e. The Morgan fingerprint density at radius 1 is 1.23 bits per heavy atom. The number of amides is 3. The van der Waals surface area contributed by atoms with E-state index in [2.05, 4.69) is 20.9 Å². The van der Waals surface area contributed by atoms with Gasteiger partial charge < -0.3 is 20.7 Å². The monoisotopic (exact) mass is 308 g/mol. The summed E-state index contributed by atoms with van der Waals surface area (Å²) >= 11 is 0. The van der Waals surface area contributed by atoms with Crippen molar-refractivity contribution in [1.29, 1.82) is 0 Å². The minimum atomic E-state index is -0.535.